The van der Waals surface area contributed by atoms with Crippen molar-refractivity contribution in [3.63, 3.8) is 0 Å². The third kappa shape index (κ3) is 6.21. The smallest absolute Gasteiger partial charge is 0.306 e. The number of fused-ring (bicyclic) bond motifs is 2. The number of aliphatic carboxylic acids is 1. The van der Waals surface area contributed by atoms with E-state index >= 15 is 0 Å². The van der Waals surface area contributed by atoms with E-state index in [2.05, 4.69) is 6.92 Å². The summed E-state index contributed by atoms with van der Waals surface area (Å²) in [6, 6.07) is 0. The van der Waals surface area contributed by atoms with Crippen LogP contribution in [0.15, 0.2) is 0 Å². The van der Waals surface area contributed by atoms with Crippen LogP contribution < -0.4 is 5.73 Å². The first-order valence-corrected chi connectivity index (χ1v) is 12.0. The van der Waals surface area contributed by atoms with Gasteiger partial charge in [0.25, 0.3) is 0 Å². The number of carbonyl (C=O) groups is 1. The summed E-state index contributed by atoms with van der Waals surface area (Å²) in [7, 11) is 0. The molecule has 0 saturated heterocycles. The molecule has 0 aromatic heterocycles. The summed E-state index contributed by atoms with van der Waals surface area (Å²) in [5, 5.41) is 9.79. The van der Waals surface area contributed by atoms with Gasteiger partial charge in [0.05, 0.1) is 5.92 Å². The van der Waals surface area contributed by atoms with Crippen molar-refractivity contribution < 1.29 is 9.90 Å². The Morgan fingerprint density at radius 1 is 0.704 bits per heavy atom. The Morgan fingerprint density at radius 2 is 1.07 bits per heavy atom. The normalized spacial score (nSPS) is 42.4. The number of nitrogens with two attached hydrogens (primary N) is 1. The van der Waals surface area contributed by atoms with Gasteiger partial charge < -0.3 is 10.8 Å². The molecule has 0 aliphatic heterocycles. The summed E-state index contributed by atoms with van der Waals surface area (Å²) in [6.07, 6.45) is 19.5. The molecule has 3 fully saturated rings. The molecule has 0 spiro atoms. The van der Waals surface area contributed by atoms with Crippen LogP contribution in [0.1, 0.15) is 110 Å². The minimum absolute atomic E-state index is 0.0162. The van der Waals surface area contributed by atoms with Crippen molar-refractivity contribution in [2.45, 2.75) is 115 Å². The zero-order valence-corrected chi connectivity index (χ0v) is 17.6. The van der Waals surface area contributed by atoms with Crippen molar-refractivity contribution >= 4 is 5.97 Å². The summed E-state index contributed by atoms with van der Waals surface area (Å²) >= 11 is 0. The number of carboxylic acid groups (broad SMARTS) is 1. The van der Waals surface area contributed by atoms with E-state index in [1.54, 1.807) is 0 Å². The predicted molar refractivity (Wildman–Crippen MR) is 112 cm³/mol. The van der Waals surface area contributed by atoms with Gasteiger partial charge in [-0.25, -0.2) is 0 Å². The second-order valence-corrected chi connectivity index (χ2v) is 10.5. The molecule has 4 atom stereocenters. The van der Waals surface area contributed by atoms with E-state index in [0.29, 0.717) is 0 Å². The van der Waals surface area contributed by atoms with Crippen molar-refractivity contribution in [1.82, 2.24) is 0 Å². The molecule has 3 rings (SSSR count). The van der Waals surface area contributed by atoms with Gasteiger partial charge in [-0.1, -0.05) is 51.4 Å². The quantitative estimate of drug-likeness (QED) is 0.576. The summed E-state index contributed by atoms with van der Waals surface area (Å²) in [4.78, 5) is 11.9. The molecule has 3 aliphatic carbocycles. The van der Waals surface area contributed by atoms with Gasteiger partial charge in [0, 0.05) is 5.54 Å². The van der Waals surface area contributed by atoms with Crippen molar-refractivity contribution in [2.75, 3.05) is 0 Å². The highest BCUT2D eigenvalue weighted by atomic mass is 16.4. The van der Waals surface area contributed by atoms with Crippen LogP contribution in [-0.4, -0.2) is 16.6 Å². The first kappa shape index (κ1) is 21.1. The van der Waals surface area contributed by atoms with Crippen molar-refractivity contribution in [3.05, 3.63) is 0 Å². The molecule has 3 nitrogen and oxygen atoms in total. The maximum absolute atomic E-state index is 11.9. The highest BCUT2D eigenvalue weighted by molar-refractivity contribution is 5.69. The van der Waals surface area contributed by atoms with Gasteiger partial charge in [0.1, 0.15) is 0 Å². The zero-order valence-electron chi connectivity index (χ0n) is 17.6. The van der Waals surface area contributed by atoms with Crippen LogP contribution in [0.5, 0.6) is 0 Å². The highest BCUT2D eigenvalue weighted by Crippen LogP contribution is 2.42. The third-order valence-corrected chi connectivity index (χ3v) is 8.43. The lowest BCUT2D eigenvalue weighted by molar-refractivity contribution is -0.142. The fourth-order valence-electron chi connectivity index (χ4n) is 6.47. The SMILES string of the molecule is CC1(N)CC[C@@H]2CCCC[C@H]2CCC(C(=O)O)CC[C@@H]2CCCC[C@H]2CC1. The Bertz CT molecular complexity index is 441. The molecule has 3 N–H and O–H groups in total. The Morgan fingerprint density at radius 3 is 1.44 bits per heavy atom. The molecule has 3 saturated carbocycles. The van der Waals surface area contributed by atoms with E-state index in [9.17, 15) is 9.90 Å². The molecule has 0 aromatic rings. The molecule has 0 aromatic carbocycles. The second kappa shape index (κ2) is 9.76. The van der Waals surface area contributed by atoms with Gasteiger partial charge in [-0.15, -0.1) is 0 Å². The maximum atomic E-state index is 11.9. The van der Waals surface area contributed by atoms with Crippen molar-refractivity contribution in [1.29, 1.82) is 0 Å². The molecule has 0 unspecified atom stereocenters. The van der Waals surface area contributed by atoms with E-state index in [1.165, 1.54) is 64.2 Å². The standard InChI is InChI=1S/C24H43NO2/c1-24(25)16-14-20-8-4-2-6-18(20)10-12-22(23(26)27)13-11-19-7-3-5-9-21(19)15-17-24/h18-22H,2-17,25H2,1H3,(H,26,27)/t18-,19-,20-,21-,22?,24?/m0/s1. The highest BCUT2D eigenvalue weighted by Gasteiger charge is 2.33. The lowest BCUT2D eigenvalue weighted by Crippen LogP contribution is -2.38. The van der Waals surface area contributed by atoms with Crippen LogP contribution in [-0.2, 0) is 4.79 Å². The fraction of sp³-hybridized carbons (Fsp3) is 0.958. The van der Waals surface area contributed by atoms with Crippen LogP contribution in [0, 0.1) is 29.6 Å². The van der Waals surface area contributed by atoms with Crippen molar-refractivity contribution in [3.8, 4) is 0 Å². The molecule has 0 amide bonds. The van der Waals surface area contributed by atoms with Crippen LogP contribution in [0.3, 0.4) is 0 Å². The van der Waals surface area contributed by atoms with Gasteiger partial charge in [-0.2, -0.15) is 0 Å². The van der Waals surface area contributed by atoms with E-state index in [-0.39, 0.29) is 11.5 Å². The Hall–Kier alpha value is -0.570. The molecule has 27 heavy (non-hydrogen) atoms. The summed E-state index contributed by atoms with van der Waals surface area (Å²) < 4.78 is 0. The molecule has 0 radical (unpaired) electrons. The zero-order chi connectivity index (χ0) is 19.3. The Labute approximate surface area is 166 Å². The van der Waals surface area contributed by atoms with Crippen molar-refractivity contribution in [2.24, 2.45) is 35.3 Å². The lowest BCUT2D eigenvalue weighted by Gasteiger charge is -2.38. The Kier molecular flexibility index (Phi) is 7.65. The average Bonchev–Trinajstić information content (AvgIpc) is 2.65. The number of carboxylic acids is 1. The third-order valence-electron chi connectivity index (χ3n) is 8.43. The number of rotatable bonds is 1. The number of hydrogen-bond acceptors (Lipinski definition) is 2. The minimum atomic E-state index is -0.545. The molecule has 3 heteroatoms. The van der Waals surface area contributed by atoms with E-state index < -0.39 is 5.97 Å². The van der Waals surface area contributed by atoms with Gasteiger partial charge >= 0.3 is 5.97 Å². The van der Waals surface area contributed by atoms with E-state index in [0.717, 1.165) is 62.2 Å². The largest absolute Gasteiger partial charge is 0.481 e. The van der Waals surface area contributed by atoms with E-state index in [4.69, 9.17) is 5.73 Å². The minimum Gasteiger partial charge on any atom is -0.481 e. The second-order valence-electron chi connectivity index (χ2n) is 10.5. The topological polar surface area (TPSA) is 63.3 Å². The van der Waals surface area contributed by atoms with Crippen LogP contribution in [0.4, 0.5) is 0 Å². The average molecular weight is 378 g/mol. The van der Waals surface area contributed by atoms with Crippen LogP contribution >= 0.6 is 0 Å². The molecular formula is C24H43NO2. The van der Waals surface area contributed by atoms with E-state index in [1.807, 2.05) is 0 Å². The first-order valence-electron chi connectivity index (χ1n) is 12.0. The van der Waals surface area contributed by atoms with Crippen LogP contribution in [0.2, 0.25) is 0 Å². The van der Waals surface area contributed by atoms with Gasteiger partial charge in [-0.3, -0.25) is 4.79 Å². The predicted octanol–water partition coefficient (Wildman–Crippen LogP) is 6.15. The molecule has 3 aliphatic rings. The molecule has 0 heterocycles. The maximum Gasteiger partial charge on any atom is 0.306 e. The number of hydrogen-bond donors (Lipinski definition) is 2. The molecule has 156 valence electrons. The fourth-order valence-corrected chi connectivity index (χ4v) is 6.47. The molecule has 0 bridgehead atoms. The lowest BCUT2D eigenvalue weighted by atomic mass is 9.69. The monoisotopic (exact) mass is 377 g/mol. The van der Waals surface area contributed by atoms with Gasteiger partial charge in [-0.05, 0) is 82.0 Å². The molecular weight excluding hydrogens is 334 g/mol. The van der Waals surface area contributed by atoms with Crippen LogP contribution in [0.25, 0.3) is 0 Å². The summed E-state index contributed by atoms with van der Waals surface area (Å²) in [5.41, 5.74) is 6.74. The Balaban J connectivity index is 1.71. The summed E-state index contributed by atoms with van der Waals surface area (Å²) in [6.45, 7) is 2.29. The van der Waals surface area contributed by atoms with Gasteiger partial charge in [0.15, 0.2) is 0 Å². The summed E-state index contributed by atoms with van der Waals surface area (Å²) in [5.74, 6) is 2.38. The first-order chi connectivity index (χ1) is 12.9. The van der Waals surface area contributed by atoms with Gasteiger partial charge in [0.2, 0.25) is 0 Å².